The van der Waals surface area contributed by atoms with Crippen molar-refractivity contribution in [2.24, 2.45) is 0 Å². The van der Waals surface area contributed by atoms with Crippen LogP contribution in [0.1, 0.15) is 22.8 Å². The zero-order valence-electron chi connectivity index (χ0n) is 13.8. The molecule has 0 atom stereocenters. The molecule has 2 aromatic rings. The molecule has 0 aliphatic carbocycles. The number of ether oxygens (including phenoxy) is 1. The van der Waals surface area contributed by atoms with Gasteiger partial charge in [-0.3, -0.25) is 4.79 Å². The highest BCUT2D eigenvalue weighted by atomic mass is 32.2. The van der Waals surface area contributed by atoms with Crippen molar-refractivity contribution in [3.63, 3.8) is 0 Å². The van der Waals surface area contributed by atoms with Gasteiger partial charge in [0, 0.05) is 11.3 Å². The lowest BCUT2D eigenvalue weighted by molar-refractivity contribution is 0.102. The van der Waals surface area contributed by atoms with Gasteiger partial charge in [0.1, 0.15) is 10.6 Å². The van der Waals surface area contributed by atoms with Crippen LogP contribution in [0.5, 0.6) is 5.75 Å². The van der Waals surface area contributed by atoms with E-state index in [1.807, 2.05) is 19.1 Å². The van der Waals surface area contributed by atoms with Gasteiger partial charge in [-0.2, -0.15) is 0 Å². The number of methoxy groups -OCH3 is 1. The molecule has 128 valence electrons. The largest absolute Gasteiger partial charge is 0.495 e. The molecule has 6 nitrogen and oxygen atoms in total. The van der Waals surface area contributed by atoms with Crippen molar-refractivity contribution in [2.75, 3.05) is 19.5 Å². The smallest absolute Gasteiger partial charge is 0.255 e. The molecule has 0 heterocycles. The molecule has 0 radical (unpaired) electrons. The lowest BCUT2D eigenvalue weighted by Crippen LogP contribution is -2.20. The minimum Gasteiger partial charge on any atom is -0.495 e. The third-order valence-corrected chi connectivity index (χ3v) is 5.04. The second-order valence-electron chi connectivity index (χ2n) is 5.08. The maximum atomic E-state index is 12.3. The monoisotopic (exact) mass is 348 g/mol. The molecule has 0 fully saturated rings. The lowest BCUT2D eigenvalue weighted by Gasteiger charge is -2.12. The molecule has 0 aliphatic rings. The summed E-state index contributed by atoms with van der Waals surface area (Å²) in [4.78, 5) is 12.3. The van der Waals surface area contributed by atoms with Crippen molar-refractivity contribution in [2.45, 2.75) is 18.2 Å². The van der Waals surface area contributed by atoms with E-state index in [2.05, 4.69) is 10.0 Å². The average Bonchev–Trinajstić information content (AvgIpc) is 2.61. The van der Waals surface area contributed by atoms with E-state index in [4.69, 9.17) is 4.74 Å². The maximum absolute atomic E-state index is 12.3. The maximum Gasteiger partial charge on any atom is 0.255 e. The SMILES string of the molecule is CCc1ccc(C(=O)Nc2ccc(OC)c(S(=O)(=O)NC)c2)cc1. The Morgan fingerprint density at radius 3 is 2.33 bits per heavy atom. The topological polar surface area (TPSA) is 84.5 Å². The molecule has 0 unspecified atom stereocenters. The van der Waals surface area contributed by atoms with Crippen LogP contribution in [0.2, 0.25) is 0 Å². The molecular weight excluding hydrogens is 328 g/mol. The summed E-state index contributed by atoms with van der Waals surface area (Å²) in [6.45, 7) is 2.04. The summed E-state index contributed by atoms with van der Waals surface area (Å²) in [6.07, 6.45) is 0.894. The molecule has 2 N–H and O–H groups in total. The molecule has 0 bridgehead atoms. The van der Waals surface area contributed by atoms with E-state index < -0.39 is 10.0 Å². The van der Waals surface area contributed by atoms with E-state index in [0.717, 1.165) is 12.0 Å². The molecule has 0 aromatic heterocycles. The van der Waals surface area contributed by atoms with Crippen LogP contribution in [0.4, 0.5) is 5.69 Å². The summed E-state index contributed by atoms with van der Waals surface area (Å²) < 4.78 is 31.4. The fourth-order valence-electron chi connectivity index (χ4n) is 2.17. The number of nitrogens with one attached hydrogen (secondary N) is 2. The van der Waals surface area contributed by atoms with Crippen molar-refractivity contribution >= 4 is 21.6 Å². The van der Waals surface area contributed by atoms with E-state index >= 15 is 0 Å². The second-order valence-corrected chi connectivity index (χ2v) is 6.93. The Morgan fingerprint density at radius 1 is 1.12 bits per heavy atom. The molecule has 7 heteroatoms. The van der Waals surface area contributed by atoms with Crippen molar-refractivity contribution in [1.29, 1.82) is 0 Å². The van der Waals surface area contributed by atoms with Crippen LogP contribution < -0.4 is 14.8 Å². The Hall–Kier alpha value is -2.38. The number of hydrogen-bond acceptors (Lipinski definition) is 4. The molecule has 2 rings (SSSR count). The number of benzene rings is 2. The van der Waals surface area contributed by atoms with E-state index in [1.165, 1.54) is 26.3 Å². The van der Waals surface area contributed by atoms with Gasteiger partial charge in [0.05, 0.1) is 7.11 Å². The van der Waals surface area contributed by atoms with Crippen LogP contribution >= 0.6 is 0 Å². The van der Waals surface area contributed by atoms with Gasteiger partial charge in [-0.1, -0.05) is 19.1 Å². The minimum atomic E-state index is -3.70. The van der Waals surface area contributed by atoms with Crippen LogP contribution in [0.25, 0.3) is 0 Å². The molecule has 0 spiro atoms. The van der Waals surface area contributed by atoms with Gasteiger partial charge < -0.3 is 10.1 Å². The van der Waals surface area contributed by atoms with E-state index in [1.54, 1.807) is 18.2 Å². The first-order chi connectivity index (χ1) is 11.4. The number of anilines is 1. The molecular formula is C17H20N2O4S. The van der Waals surface area contributed by atoms with Gasteiger partial charge in [0.15, 0.2) is 0 Å². The van der Waals surface area contributed by atoms with Gasteiger partial charge in [0.2, 0.25) is 10.0 Å². The van der Waals surface area contributed by atoms with Crippen molar-refractivity contribution in [3.8, 4) is 5.75 Å². The number of carbonyl (C=O) groups is 1. The van der Waals surface area contributed by atoms with Gasteiger partial charge in [-0.05, 0) is 49.4 Å². The van der Waals surface area contributed by atoms with Crippen LogP contribution in [0.3, 0.4) is 0 Å². The molecule has 24 heavy (non-hydrogen) atoms. The third kappa shape index (κ3) is 3.93. The summed E-state index contributed by atoms with van der Waals surface area (Å²) in [5.41, 5.74) is 2.01. The normalized spacial score (nSPS) is 11.1. The van der Waals surface area contributed by atoms with Crippen molar-refractivity contribution in [3.05, 3.63) is 53.6 Å². The Balaban J connectivity index is 2.29. The summed E-state index contributed by atoms with van der Waals surface area (Å²) in [7, 11) is -0.998. The highest BCUT2D eigenvalue weighted by molar-refractivity contribution is 7.89. The average molecular weight is 348 g/mol. The van der Waals surface area contributed by atoms with Crippen molar-refractivity contribution < 1.29 is 17.9 Å². The summed E-state index contributed by atoms with van der Waals surface area (Å²) in [6, 6.07) is 11.7. The molecule has 0 saturated heterocycles. The molecule has 1 amide bonds. The first-order valence-corrected chi connectivity index (χ1v) is 8.91. The van der Waals surface area contributed by atoms with Crippen LogP contribution in [0, 0.1) is 0 Å². The van der Waals surface area contributed by atoms with E-state index in [9.17, 15) is 13.2 Å². The second kappa shape index (κ2) is 7.46. The van der Waals surface area contributed by atoms with Gasteiger partial charge in [-0.25, -0.2) is 13.1 Å². The number of amides is 1. The predicted octanol–water partition coefficient (Wildman–Crippen LogP) is 2.42. The lowest BCUT2D eigenvalue weighted by atomic mass is 10.1. The summed E-state index contributed by atoms with van der Waals surface area (Å²) in [5.74, 6) is -0.106. The van der Waals surface area contributed by atoms with Crippen LogP contribution in [0.15, 0.2) is 47.4 Å². The fraction of sp³-hybridized carbons (Fsp3) is 0.235. The zero-order chi connectivity index (χ0) is 17.7. The van der Waals surface area contributed by atoms with Gasteiger partial charge >= 0.3 is 0 Å². The Kier molecular flexibility index (Phi) is 5.58. The first-order valence-electron chi connectivity index (χ1n) is 7.43. The van der Waals surface area contributed by atoms with E-state index in [0.29, 0.717) is 11.3 Å². The Labute approximate surface area is 141 Å². The highest BCUT2D eigenvalue weighted by Gasteiger charge is 2.19. The number of sulfonamides is 1. The third-order valence-electron chi connectivity index (χ3n) is 3.60. The number of aryl methyl sites for hydroxylation is 1. The number of carbonyl (C=O) groups excluding carboxylic acids is 1. The van der Waals surface area contributed by atoms with Crippen molar-refractivity contribution in [1.82, 2.24) is 4.72 Å². The number of hydrogen-bond donors (Lipinski definition) is 2. The Bertz CT molecular complexity index is 830. The fourth-order valence-corrected chi connectivity index (χ4v) is 3.09. The standard InChI is InChI=1S/C17H20N2O4S/c1-4-12-5-7-13(8-6-12)17(20)19-14-9-10-15(23-3)16(11-14)24(21,22)18-2/h5-11,18H,4H2,1-3H3,(H,19,20). The van der Waals surface area contributed by atoms with Crippen LogP contribution in [-0.4, -0.2) is 28.5 Å². The zero-order valence-corrected chi connectivity index (χ0v) is 14.6. The van der Waals surface area contributed by atoms with Gasteiger partial charge in [0.25, 0.3) is 5.91 Å². The molecule has 0 aliphatic heterocycles. The predicted molar refractivity (Wildman–Crippen MR) is 93.0 cm³/mol. The van der Waals surface area contributed by atoms with Gasteiger partial charge in [-0.15, -0.1) is 0 Å². The Morgan fingerprint density at radius 2 is 1.79 bits per heavy atom. The molecule has 2 aromatic carbocycles. The van der Waals surface area contributed by atoms with Crippen LogP contribution in [-0.2, 0) is 16.4 Å². The summed E-state index contributed by atoms with van der Waals surface area (Å²) in [5, 5.41) is 2.70. The van der Waals surface area contributed by atoms with E-state index in [-0.39, 0.29) is 16.6 Å². The highest BCUT2D eigenvalue weighted by Crippen LogP contribution is 2.27. The number of rotatable bonds is 6. The molecule has 0 saturated carbocycles. The quantitative estimate of drug-likeness (QED) is 0.840. The minimum absolute atomic E-state index is 0.0355. The first kappa shape index (κ1) is 18.0. The summed E-state index contributed by atoms with van der Waals surface area (Å²) >= 11 is 0.